The largest absolute Gasteiger partial charge is 0.378 e. The van der Waals surface area contributed by atoms with E-state index < -0.39 is 0 Å². The summed E-state index contributed by atoms with van der Waals surface area (Å²) in [6.07, 6.45) is 0. The smallest absolute Gasteiger partial charge is 0.256 e. The SMILES string of the molecule is CN(C)c1ccc(NC(=O)c2cccc3ccccc23)cc1. The summed E-state index contributed by atoms with van der Waals surface area (Å²) in [5, 5.41) is 4.99. The van der Waals surface area contributed by atoms with E-state index in [0.717, 1.165) is 22.1 Å². The van der Waals surface area contributed by atoms with Gasteiger partial charge < -0.3 is 10.2 Å². The second kappa shape index (κ2) is 5.90. The molecular formula is C19H18N2O. The first kappa shape index (κ1) is 14.1. The van der Waals surface area contributed by atoms with Crippen molar-refractivity contribution in [3.05, 3.63) is 72.3 Å². The number of hydrogen-bond donors (Lipinski definition) is 1. The van der Waals surface area contributed by atoms with Gasteiger partial charge in [0.05, 0.1) is 0 Å². The third kappa shape index (κ3) is 2.79. The van der Waals surface area contributed by atoms with Gasteiger partial charge in [0.15, 0.2) is 0 Å². The molecular weight excluding hydrogens is 272 g/mol. The fourth-order valence-corrected chi connectivity index (χ4v) is 2.46. The van der Waals surface area contributed by atoms with Gasteiger partial charge in [-0.15, -0.1) is 0 Å². The molecule has 0 saturated carbocycles. The molecule has 0 aliphatic carbocycles. The van der Waals surface area contributed by atoms with Crippen molar-refractivity contribution in [2.75, 3.05) is 24.3 Å². The first-order chi connectivity index (χ1) is 10.6. The van der Waals surface area contributed by atoms with Gasteiger partial charge in [0.25, 0.3) is 5.91 Å². The van der Waals surface area contributed by atoms with E-state index in [1.807, 2.05) is 85.7 Å². The van der Waals surface area contributed by atoms with E-state index >= 15 is 0 Å². The average Bonchev–Trinajstić information content (AvgIpc) is 2.54. The van der Waals surface area contributed by atoms with Crippen LogP contribution < -0.4 is 10.2 Å². The van der Waals surface area contributed by atoms with Crippen LogP contribution in [0.3, 0.4) is 0 Å². The maximum absolute atomic E-state index is 12.5. The van der Waals surface area contributed by atoms with Crippen molar-refractivity contribution in [2.45, 2.75) is 0 Å². The number of hydrogen-bond acceptors (Lipinski definition) is 2. The zero-order chi connectivity index (χ0) is 15.5. The van der Waals surface area contributed by atoms with E-state index in [2.05, 4.69) is 5.32 Å². The van der Waals surface area contributed by atoms with Crippen LogP contribution in [0, 0.1) is 0 Å². The number of benzene rings is 3. The van der Waals surface area contributed by atoms with Gasteiger partial charge in [0.2, 0.25) is 0 Å². The van der Waals surface area contributed by atoms with Gasteiger partial charge in [-0.1, -0.05) is 36.4 Å². The number of nitrogens with one attached hydrogen (secondary N) is 1. The molecule has 0 aromatic heterocycles. The number of anilines is 2. The van der Waals surface area contributed by atoms with Gasteiger partial charge in [0.1, 0.15) is 0 Å². The summed E-state index contributed by atoms with van der Waals surface area (Å²) in [5.41, 5.74) is 2.58. The topological polar surface area (TPSA) is 32.3 Å². The lowest BCUT2D eigenvalue weighted by Gasteiger charge is -2.13. The zero-order valence-electron chi connectivity index (χ0n) is 12.7. The third-order valence-corrected chi connectivity index (χ3v) is 3.68. The van der Waals surface area contributed by atoms with Crippen molar-refractivity contribution in [1.29, 1.82) is 0 Å². The molecule has 3 aromatic rings. The molecule has 22 heavy (non-hydrogen) atoms. The van der Waals surface area contributed by atoms with E-state index in [4.69, 9.17) is 0 Å². The van der Waals surface area contributed by atoms with E-state index in [9.17, 15) is 4.79 Å². The minimum absolute atomic E-state index is 0.0885. The van der Waals surface area contributed by atoms with Crippen molar-refractivity contribution in [3.63, 3.8) is 0 Å². The Morgan fingerprint density at radius 3 is 2.27 bits per heavy atom. The highest BCUT2D eigenvalue weighted by Gasteiger charge is 2.09. The minimum atomic E-state index is -0.0885. The fraction of sp³-hybridized carbons (Fsp3) is 0.105. The van der Waals surface area contributed by atoms with Gasteiger partial charge in [-0.05, 0) is 41.1 Å². The minimum Gasteiger partial charge on any atom is -0.378 e. The molecule has 3 rings (SSSR count). The van der Waals surface area contributed by atoms with E-state index in [1.54, 1.807) is 0 Å². The Balaban J connectivity index is 1.87. The lowest BCUT2D eigenvalue weighted by molar-refractivity contribution is 0.102. The monoisotopic (exact) mass is 290 g/mol. The van der Waals surface area contributed by atoms with E-state index in [0.29, 0.717) is 5.56 Å². The molecule has 0 bridgehead atoms. The number of nitrogens with zero attached hydrogens (tertiary/aromatic N) is 1. The standard InChI is InChI=1S/C19H18N2O/c1-21(2)16-12-10-15(11-13-16)20-19(22)18-9-5-7-14-6-3-4-8-17(14)18/h3-13H,1-2H3,(H,20,22). The van der Waals surface area contributed by atoms with E-state index in [-0.39, 0.29) is 5.91 Å². The number of rotatable bonds is 3. The van der Waals surface area contributed by atoms with Gasteiger partial charge >= 0.3 is 0 Å². The molecule has 0 fully saturated rings. The summed E-state index contributed by atoms with van der Waals surface area (Å²) in [5.74, 6) is -0.0885. The number of carbonyl (C=O) groups is 1. The molecule has 3 heteroatoms. The lowest BCUT2D eigenvalue weighted by Crippen LogP contribution is -2.13. The van der Waals surface area contributed by atoms with Gasteiger partial charge in [0, 0.05) is 31.0 Å². The zero-order valence-corrected chi connectivity index (χ0v) is 12.7. The second-order valence-corrected chi connectivity index (χ2v) is 5.42. The van der Waals surface area contributed by atoms with Crippen LogP contribution in [0.5, 0.6) is 0 Å². The molecule has 3 nitrogen and oxygen atoms in total. The van der Waals surface area contributed by atoms with Crippen molar-refractivity contribution in [3.8, 4) is 0 Å². The van der Waals surface area contributed by atoms with E-state index in [1.165, 1.54) is 0 Å². The Morgan fingerprint density at radius 2 is 1.55 bits per heavy atom. The lowest BCUT2D eigenvalue weighted by atomic mass is 10.0. The maximum Gasteiger partial charge on any atom is 0.256 e. The number of carbonyl (C=O) groups excluding carboxylic acids is 1. The van der Waals surface area contributed by atoms with Crippen LogP contribution in [0.4, 0.5) is 11.4 Å². The molecule has 0 unspecified atom stereocenters. The van der Waals surface area contributed by atoms with Crippen molar-refractivity contribution >= 4 is 28.1 Å². The molecule has 1 N–H and O–H groups in total. The number of amides is 1. The van der Waals surface area contributed by atoms with Crippen molar-refractivity contribution in [2.24, 2.45) is 0 Å². The molecule has 0 spiro atoms. The van der Waals surface area contributed by atoms with Crippen LogP contribution in [0.1, 0.15) is 10.4 Å². The summed E-state index contributed by atoms with van der Waals surface area (Å²) >= 11 is 0. The summed E-state index contributed by atoms with van der Waals surface area (Å²) in [7, 11) is 3.98. The molecule has 0 heterocycles. The molecule has 3 aromatic carbocycles. The van der Waals surface area contributed by atoms with Crippen molar-refractivity contribution < 1.29 is 4.79 Å². The van der Waals surface area contributed by atoms with Gasteiger partial charge in [-0.3, -0.25) is 4.79 Å². The predicted octanol–water partition coefficient (Wildman–Crippen LogP) is 4.16. The molecule has 0 aliphatic rings. The van der Waals surface area contributed by atoms with Gasteiger partial charge in [-0.25, -0.2) is 0 Å². The predicted molar refractivity (Wildman–Crippen MR) is 92.7 cm³/mol. The molecule has 110 valence electrons. The van der Waals surface area contributed by atoms with Crippen LogP contribution in [-0.4, -0.2) is 20.0 Å². The fourth-order valence-electron chi connectivity index (χ4n) is 2.46. The Morgan fingerprint density at radius 1 is 0.864 bits per heavy atom. The van der Waals surface area contributed by atoms with Crippen LogP contribution >= 0.6 is 0 Å². The first-order valence-corrected chi connectivity index (χ1v) is 7.21. The summed E-state index contributed by atoms with van der Waals surface area (Å²) < 4.78 is 0. The average molecular weight is 290 g/mol. The molecule has 0 radical (unpaired) electrons. The Hall–Kier alpha value is -2.81. The molecule has 0 atom stereocenters. The second-order valence-electron chi connectivity index (χ2n) is 5.42. The molecule has 0 aliphatic heterocycles. The normalized spacial score (nSPS) is 10.5. The molecule has 1 amide bonds. The summed E-state index contributed by atoms with van der Waals surface area (Å²) in [6.45, 7) is 0. The highest BCUT2D eigenvalue weighted by molar-refractivity contribution is 6.12. The van der Waals surface area contributed by atoms with Crippen molar-refractivity contribution in [1.82, 2.24) is 0 Å². The van der Waals surface area contributed by atoms with Crippen LogP contribution in [-0.2, 0) is 0 Å². The summed E-state index contributed by atoms with van der Waals surface area (Å²) in [6, 6.07) is 21.5. The number of fused-ring (bicyclic) bond motifs is 1. The Kier molecular flexibility index (Phi) is 3.79. The Labute approximate surface area is 130 Å². The van der Waals surface area contributed by atoms with Gasteiger partial charge in [-0.2, -0.15) is 0 Å². The third-order valence-electron chi connectivity index (χ3n) is 3.68. The van der Waals surface area contributed by atoms with Crippen LogP contribution in [0.2, 0.25) is 0 Å². The highest BCUT2D eigenvalue weighted by Crippen LogP contribution is 2.21. The maximum atomic E-state index is 12.5. The van der Waals surface area contributed by atoms with Crippen LogP contribution in [0.15, 0.2) is 66.7 Å². The quantitative estimate of drug-likeness (QED) is 0.785. The first-order valence-electron chi connectivity index (χ1n) is 7.21. The Bertz CT molecular complexity index is 802. The summed E-state index contributed by atoms with van der Waals surface area (Å²) in [4.78, 5) is 14.5. The molecule has 0 saturated heterocycles. The van der Waals surface area contributed by atoms with Crippen LogP contribution in [0.25, 0.3) is 10.8 Å². The highest BCUT2D eigenvalue weighted by atomic mass is 16.1.